The van der Waals surface area contributed by atoms with Crippen LogP contribution in [0.25, 0.3) is 0 Å². The van der Waals surface area contributed by atoms with Crippen LogP contribution in [0.3, 0.4) is 0 Å². The van der Waals surface area contributed by atoms with Gasteiger partial charge in [-0.1, -0.05) is 30.1 Å². The van der Waals surface area contributed by atoms with Crippen molar-refractivity contribution in [1.82, 2.24) is 4.98 Å². The van der Waals surface area contributed by atoms with Crippen LogP contribution in [0.5, 0.6) is 0 Å². The summed E-state index contributed by atoms with van der Waals surface area (Å²) in [6.07, 6.45) is 2.49. The number of ether oxygens (including phenoxy) is 1. The molecule has 0 bridgehead atoms. The number of aromatic nitrogens is 1. The van der Waals surface area contributed by atoms with Crippen molar-refractivity contribution in [2.75, 3.05) is 18.1 Å². The van der Waals surface area contributed by atoms with Crippen molar-refractivity contribution < 1.29 is 4.74 Å². The molecule has 0 radical (unpaired) electrons. The SMILES string of the molecule is CCc1cc(SN(COC)c2cc(Cl)cnc2Br)ccc1Cl. The molecule has 0 aliphatic heterocycles. The average Bonchev–Trinajstić information content (AvgIpc) is 2.51. The lowest BCUT2D eigenvalue weighted by atomic mass is 10.2. The van der Waals surface area contributed by atoms with Gasteiger partial charge in [0.1, 0.15) is 11.3 Å². The summed E-state index contributed by atoms with van der Waals surface area (Å²) in [5.74, 6) is 0. The predicted molar refractivity (Wildman–Crippen MR) is 98.0 cm³/mol. The number of methoxy groups -OCH3 is 1. The Bertz CT molecular complexity index is 657. The van der Waals surface area contributed by atoms with Gasteiger partial charge in [-0.2, -0.15) is 0 Å². The maximum atomic E-state index is 6.17. The van der Waals surface area contributed by atoms with Gasteiger partial charge in [0.15, 0.2) is 0 Å². The fourth-order valence-corrected chi connectivity index (χ4v) is 3.78. The largest absolute Gasteiger partial charge is 0.363 e. The number of hydrogen-bond acceptors (Lipinski definition) is 4. The van der Waals surface area contributed by atoms with Gasteiger partial charge in [0, 0.05) is 23.2 Å². The van der Waals surface area contributed by atoms with E-state index in [0.717, 1.165) is 27.6 Å². The Kier molecular flexibility index (Phi) is 6.84. The molecule has 0 aliphatic carbocycles. The summed E-state index contributed by atoms with van der Waals surface area (Å²) in [5.41, 5.74) is 1.97. The van der Waals surface area contributed by atoms with Crippen LogP contribution in [-0.2, 0) is 11.2 Å². The van der Waals surface area contributed by atoms with Crippen LogP contribution in [0.4, 0.5) is 5.69 Å². The lowest BCUT2D eigenvalue weighted by molar-refractivity contribution is 0.211. The second-order valence-corrected chi connectivity index (χ2v) is 7.15. The van der Waals surface area contributed by atoms with Gasteiger partial charge in [0.2, 0.25) is 0 Å². The first-order valence-electron chi connectivity index (χ1n) is 6.59. The van der Waals surface area contributed by atoms with Gasteiger partial charge in [-0.3, -0.25) is 4.31 Å². The Morgan fingerprint density at radius 3 is 2.77 bits per heavy atom. The fourth-order valence-electron chi connectivity index (χ4n) is 1.86. The fraction of sp³-hybridized carbons (Fsp3) is 0.267. The molecule has 1 aromatic carbocycles. The molecule has 2 aromatic rings. The van der Waals surface area contributed by atoms with Crippen molar-refractivity contribution in [3.63, 3.8) is 0 Å². The van der Waals surface area contributed by atoms with Crippen molar-refractivity contribution in [1.29, 1.82) is 0 Å². The summed E-state index contributed by atoms with van der Waals surface area (Å²) in [7, 11) is 1.65. The lowest BCUT2D eigenvalue weighted by Crippen LogP contribution is -2.18. The van der Waals surface area contributed by atoms with Crippen LogP contribution in [0.1, 0.15) is 12.5 Å². The zero-order valence-electron chi connectivity index (χ0n) is 12.1. The summed E-state index contributed by atoms with van der Waals surface area (Å²) >= 11 is 17.2. The molecule has 0 atom stereocenters. The number of anilines is 1. The first kappa shape index (κ1) is 17.9. The summed E-state index contributed by atoms with van der Waals surface area (Å²) in [6.45, 7) is 2.48. The molecule has 0 spiro atoms. The molecule has 0 amide bonds. The highest BCUT2D eigenvalue weighted by atomic mass is 79.9. The molecule has 2 rings (SSSR count). The lowest BCUT2D eigenvalue weighted by Gasteiger charge is -2.23. The molecule has 0 fully saturated rings. The van der Waals surface area contributed by atoms with Gasteiger partial charge in [-0.15, -0.1) is 0 Å². The van der Waals surface area contributed by atoms with Gasteiger partial charge >= 0.3 is 0 Å². The van der Waals surface area contributed by atoms with Crippen LogP contribution in [-0.4, -0.2) is 18.8 Å². The highest BCUT2D eigenvalue weighted by Gasteiger charge is 2.14. The minimum absolute atomic E-state index is 0.398. The second kappa shape index (κ2) is 8.41. The van der Waals surface area contributed by atoms with E-state index in [1.165, 1.54) is 0 Å². The van der Waals surface area contributed by atoms with E-state index in [-0.39, 0.29) is 0 Å². The summed E-state index contributed by atoms with van der Waals surface area (Å²) < 4.78 is 7.98. The molecule has 0 saturated heterocycles. The number of pyridine rings is 1. The second-order valence-electron chi connectivity index (χ2n) is 4.46. The van der Waals surface area contributed by atoms with Crippen molar-refractivity contribution >= 4 is 56.8 Å². The maximum Gasteiger partial charge on any atom is 0.130 e. The van der Waals surface area contributed by atoms with Crippen molar-refractivity contribution in [3.05, 3.63) is 50.7 Å². The molecule has 0 aliphatic rings. The van der Waals surface area contributed by atoms with Crippen LogP contribution in [0, 0.1) is 0 Å². The maximum absolute atomic E-state index is 6.17. The Morgan fingerprint density at radius 1 is 1.32 bits per heavy atom. The minimum atomic E-state index is 0.398. The number of hydrogen-bond donors (Lipinski definition) is 0. The highest BCUT2D eigenvalue weighted by Crippen LogP contribution is 2.35. The molecule has 0 saturated carbocycles. The molecule has 0 N–H and O–H groups in total. The van der Waals surface area contributed by atoms with Crippen LogP contribution in [0.2, 0.25) is 10.0 Å². The molecule has 118 valence electrons. The highest BCUT2D eigenvalue weighted by molar-refractivity contribution is 9.10. The number of rotatable bonds is 6. The predicted octanol–water partition coefficient (Wildman–Crippen LogP) is 5.83. The standard InChI is InChI=1S/C15H15BrCl2N2OS/c1-3-10-6-12(4-5-13(10)18)22-20(9-21-2)14-7-11(17)8-19-15(14)16/h4-8H,3,9H2,1-2H3. The molecular weight excluding hydrogens is 407 g/mol. The molecule has 0 unspecified atom stereocenters. The first-order valence-corrected chi connectivity index (χ1v) is 8.91. The van der Waals surface area contributed by atoms with Crippen molar-refractivity contribution in [2.24, 2.45) is 0 Å². The molecule has 1 aromatic heterocycles. The normalized spacial score (nSPS) is 10.8. The number of benzene rings is 1. The smallest absolute Gasteiger partial charge is 0.130 e. The summed E-state index contributed by atoms with van der Waals surface area (Å²) in [6, 6.07) is 7.84. The van der Waals surface area contributed by atoms with E-state index in [0.29, 0.717) is 16.4 Å². The van der Waals surface area contributed by atoms with Crippen molar-refractivity contribution in [2.45, 2.75) is 18.2 Å². The zero-order chi connectivity index (χ0) is 16.1. The Morgan fingerprint density at radius 2 is 2.09 bits per heavy atom. The summed E-state index contributed by atoms with van der Waals surface area (Å²) in [5, 5.41) is 1.36. The van der Waals surface area contributed by atoms with E-state index in [9.17, 15) is 0 Å². The number of nitrogens with zero attached hydrogens (tertiary/aromatic N) is 2. The molecular formula is C15H15BrCl2N2OS. The first-order chi connectivity index (χ1) is 10.5. The Hall–Kier alpha value is -0.460. The van der Waals surface area contributed by atoms with Gasteiger partial charge in [-0.25, -0.2) is 4.98 Å². The third-order valence-corrected chi connectivity index (χ3v) is 5.09. The average molecular weight is 422 g/mol. The van der Waals surface area contributed by atoms with Gasteiger partial charge in [-0.05, 0) is 64.1 Å². The van der Waals surface area contributed by atoms with E-state index >= 15 is 0 Å². The summed E-state index contributed by atoms with van der Waals surface area (Å²) in [4.78, 5) is 5.30. The number of aryl methyl sites for hydroxylation is 1. The van der Waals surface area contributed by atoms with E-state index in [1.54, 1.807) is 25.3 Å². The van der Waals surface area contributed by atoms with Crippen LogP contribution in [0.15, 0.2) is 40.0 Å². The van der Waals surface area contributed by atoms with Gasteiger partial charge in [0.05, 0.1) is 10.7 Å². The van der Waals surface area contributed by atoms with Crippen LogP contribution >= 0.6 is 51.1 Å². The third kappa shape index (κ3) is 4.52. The molecule has 3 nitrogen and oxygen atoms in total. The zero-order valence-corrected chi connectivity index (χ0v) is 16.1. The molecule has 22 heavy (non-hydrogen) atoms. The van der Waals surface area contributed by atoms with E-state index < -0.39 is 0 Å². The van der Waals surface area contributed by atoms with E-state index in [2.05, 4.69) is 33.9 Å². The Labute approximate surface area is 153 Å². The quantitative estimate of drug-likeness (QED) is 0.332. The Balaban J connectivity index is 2.31. The van der Waals surface area contributed by atoms with Crippen molar-refractivity contribution in [3.8, 4) is 0 Å². The van der Waals surface area contributed by atoms with Gasteiger partial charge < -0.3 is 4.74 Å². The van der Waals surface area contributed by atoms with Gasteiger partial charge in [0.25, 0.3) is 0 Å². The number of halogens is 3. The minimum Gasteiger partial charge on any atom is -0.363 e. The molecule has 7 heteroatoms. The van der Waals surface area contributed by atoms with Crippen LogP contribution < -0.4 is 4.31 Å². The topological polar surface area (TPSA) is 25.4 Å². The molecule has 1 heterocycles. The third-order valence-electron chi connectivity index (χ3n) is 2.92. The monoisotopic (exact) mass is 420 g/mol. The van der Waals surface area contributed by atoms with E-state index in [1.807, 2.05) is 22.5 Å². The van der Waals surface area contributed by atoms with E-state index in [4.69, 9.17) is 27.9 Å².